The van der Waals surface area contributed by atoms with Gasteiger partial charge in [-0.3, -0.25) is 4.79 Å². The Morgan fingerprint density at radius 1 is 1.25 bits per heavy atom. The zero-order valence-corrected chi connectivity index (χ0v) is 9.34. The van der Waals surface area contributed by atoms with Crippen molar-refractivity contribution in [3.05, 3.63) is 36.2 Å². The monoisotopic (exact) mass is 218 g/mol. The molecule has 0 radical (unpaired) electrons. The molecule has 0 amide bonds. The molecule has 0 atom stereocenters. The minimum atomic E-state index is -0.806. The van der Waals surface area contributed by atoms with E-state index in [1.807, 2.05) is 53.7 Å². The molecule has 84 valence electrons. The van der Waals surface area contributed by atoms with E-state index in [1.165, 1.54) is 0 Å². The number of carboxylic acids is 1. The van der Waals surface area contributed by atoms with Crippen LogP contribution >= 0.6 is 0 Å². The number of aromatic nitrogens is 2. The number of nitrogens with zero attached hydrogens (tertiary/aromatic N) is 2. The Morgan fingerprint density at radius 2 is 2.00 bits per heavy atom. The van der Waals surface area contributed by atoms with E-state index in [1.54, 1.807) is 0 Å². The Morgan fingerprint density at radius 3 is 2.56 bits per heavy atom. The van der Waals surface area contributed by atoms with Crippen LogP contribution in [0.3, 0.4) is 0 Å². The van der Waals surface area contributed by atoms with Gasteiger partial charge in [0.2, 0.25) is 0 Å². The molecule has 0 saturated heterocycles. The number of hydrogen-bond acceptors (Lipinski definition) is 1. The molecule has 2 rings (SSSR count). The zero-order valence-electron chi connectivity index (χ0n) is 9.34. The third kappa shape index (κ3) is 1.74. The molecule has 0 spiro atoms. The maximum atomic E-state index is 10.7. The molecule has 2 aromatic heterocycles. The molecule has 16 heavy (non-hydrogen) atoms. The quantitative estimate of drug-likeness (QED) is 0.851. The number of rotatable bonds is 3. The summed E-state index contributed by atoms with van der Waals surface area (Å²) in [6.45, 7) is 0. The Labute approximate surface area is 93.7 Å². The van der Waals surface area contributed by atoms with Gasteiger partial charge in [0.15, 0.2) is 0 Å². The van der Waals surface area contributed by atoms with Crippen molar-refractivity contribution in [1.29, 1.82) is 0 Å². The van der Waals surface area contributed by atoms with Crippen molar-refractivity contribution in [1.82, 2.24) is 9.13 Å². The summed E-state index contributed by atoms with van der Waals surface area (Å²) in [5, 5.41) is 8.77. The van der Waals surface area contributed by atoms with Crippen LogP contribution in [0.5, 0.6) is 0 Å². The first-order valence-corrected chi connectivity index (χ1v) is 5.07. The van der Waals surface area contributed by atoms with Gasteiger partial charge in [0.05, 0.1) is 17.8 Å². The highest BCUT2D eigenvalue weighted by Crippen LogP contribution is 2.21. The maximum absolute atomic E-state index is 10.7. The lowest BCUT2D eigenvalue weighted by molar-refractivity contribution is -0.136. The van der Waals surface area contributed by atoms with Crippen LogP contribution in [-0.2, 0) is 25.3 Å². The summed E-state index contributed by atoms with van der Waals surface area (Å²) in [6, 6.07) is 7.79. The van der Waals surface area contributed by atoms with Crippen molar-refractivity contribution in [2.24, 2.45) is 14.1 Å². The van der Waals surface area contributed by atoms with Gasteiger partial charge in [-0.2, -0.15) is 0 Å². The molecule has 4 nitrogen and oxygen atoms in total. The molecule has 0 bridgehead atoms. The SMILES string of the molecule is Cn1cccc1-c1ccc(CC(=O)O)n1C. The standard InChI is InChI=1S/C12H14N2O2/c1-13-7-3-4-10(13)11-6-5-9(14(11)2)8-12(15)16/h3-7H,8H2,1-2H3,(H,15,16). The van der Waals surface area contributed by atoms with Crippen molar-refractivity contribution in [3.63, 3.8) is 0 Å². The van der Waals surface area contributed by atoms with Crippen molar-refractivity contribution in [3.8, 4) is 11.4 Å². The van der Waals surface area contributed by atoms with Gasteiger partial charge in [-0.25, -0.2) is 0 Å². The lowest BCUT2D eigenvalue weighted by atomic mass is 10.3. The summed E-state index contributed by atoms with van der Waals surface area (Å²) in [6.07, 6.45) is 2.03. The second-order valence-electron chi connectivity index (χ2n) is 3.84. The molecule has 0 aliphatic heterocycles. The topological polar surface area (TPSA) is 47.2 Å². The van der Waals surface area contributed by atoms with Gasteiger partial charge in [0.25, 0.3) is 0 Å². The fourth-order valence-corrected chi connectivity index (χ4v) is 1.87. The van der Waals surface area contributed by atoms with Gasteiger partial charge in [-0.15, -0.1) is 0 Å². The summed E-state index contributed by atoms with van der Waals surface area (Å²) in [4.78, 5) is 10.7. The fourth-order valence-electron chi connectivity index (χ4n) is 1.87. The van der Waals surface area contributed by atoms with Gasteiger partial charge in [-0.05, 0) is 24.3 Å². The molecule has 0 aromatic carbocycles. The predicted octanol–water partition coefficient (Wildman–Crippen LogP) is 1.66. The van der Waals surface area contributed by atoms with Gasteiger partial charge in [0.1, 0.15) is 0 Å². The van der Waals surface area contributed by atoms with E-state index in [0.29, 0.717) is 0 Å². The highest BCUT2D eigenvalue weighted by Gasteiger charge is 2.10. The molecular formula is C12H14N2O2. The highest BCUT2D eigenvalue weighted by molar-refractivity contribution is 5.70. The average molecular weight is 218 g/mol. The molecule has 0 fully saturated rings. The third-order valence-corrected chi connectivity index (χ3v) is 2.76. The van der Waals surface area contributed by atoms with Crippen molar-refractivity contribution in [2.45, 2.75) is 6.42 Å². The van der Waals surface area contributed by atoms with E-state index >= 15 is 0 Å². The first kappa shape index (κ1) is 10.5. The van der Waals surface area contributed by atoms with E-state index in [-0.39, 0.29) is 6.42 Å². The van der Waals surface area contributed by atoms with Crippen LogP contribution in [0.1, 0.15) is 5.69 Å². The average Bonchev–Trinajstić information content (AvgIpc) is 2.75. The number of aliphatic carboxylic acids is 1. The summed E-state index contributed by atoms with van der Waals surface area (Å²) >= 11 is 0. The van der Waals surface area contributed by atoms with Crippen LogP contribution in [0.2, 0.25) is 0 Å². The number of carbonyl (C=O) groups is 1. The lowest BCUT2D eigenvalue weighted by Gasteiger charge is -2.07. The minimum Gasteiger partial charge on any atom is -0.481 e. The van der Waals surface area contributed by atoms with Gasteiger partial charge in [0, 0.05) is 26.0 Å². The van der Waals surface area contributed by atoms with E-state index in [9.17, 15) is 4.79 Å². The van der Waals surface area contributed by atoms with E-state index < -0.39 is 5.97 Å². The van der Waals surface area contributed by atoms with Gasteiger partial charge >= 0.3 is 5.97 Å². The number of hydrogen-bond donors (Lipinski definition) is 1. The fraction of sp³-hybridized carbons (Fsp3) is 0.250. The van der Waals surface area contributed by atoms with Gasteiger partial charge in [-0.1, -0.05) is 0 Å². The minimum absolute atomic E-state index is 0.0565. The molecule has 2 heterocycles. The van der Waals surface area contributed by atoms with Crippen LogP contribution in [0.4, 0.5) is 0 Å². The molecule has 0 unspecified atom stereocenters. The highest BCUT2D eigenvalue weighted by atomic mass is 16.4. The molecule has 1 N–H and O–H groups in total. The van der Waals surface area contributed by atoms with Crippen molar-refractivity contribution >= 4 is 5.97 Å². The Bertz CT molecular complexity index is 523. The second-order valence-corrected chi connectivity index (χ2v) is 3.84. The summed E-state index contributed by atoms with van der Waals surface area (Å²) < 4.78 is 3.93. The van der Waals surface area contributed by atoms with Crippen molar-refractivity contribution < 1.29 is 9.90 Å². The molecular weight excluding hydrogens is 204 g/mol. The Hall–Kier alpha value is -1.97. The van der Waals surface area contributed by atoms with Crippen LogP contribution in [0, 0.1) is 0 Å². The summed E-state index contributed by atoms with van der Waals surface area (Å²) in [5.41, 5.74) is 2.92. The molecule has 0 saturated carbocycles. The Balaban J connectivity index is 2.41. The molecule has 2 aromatic rings. The van der Waals surface area contributed by atoms with Crippen LogP contribution in [-0.4, -0.2) is 20.2 Å². The van der Waals surface area contributed by atoms with E-state index in [0.717, 1.165) is 17.1 Å². The van der Waals surface area contributed by atoms with E-state index in [2.05, 4.69) is 0 Å². The normalized spacial score (nSPS) is 10.6. The van der Waals surface area contributed by atoms with Crippen LogP contribution < -0.4 is 0 Å². The summed E-state index contributed by atoms with van der Waals surface area (Å²) in [5.74, 6) is -0.806. The van der Waals surface area contributed by atoms with Crippen LogP contribution in [0.15, 0.2) is 30.5 Å². The predicted molar refractivity (Wildman–Crippen MR) is 61.2 cm³/mol. The third-order valence-electron chi connectivity index (χ3n) is 2.76. The smallest absolute Gasteiger partial charge is 0.309 e. The maximum Gasteiger partial charge on any atom is 0.309 e. The largest absolute Gasteiger partial charge is 0.481 e. The first-order valence-electron chi connectivity index (χ1n) is 5.07. The summed E-state index contributed by atoms with van der Waals surface area (Å²) in [7, 11) is 3.86. The molecule has 0 aliphatic carbocycles. The Kier molecular flexibility index (Phi) is 2.56. The second kappa shape index (κ2) is 3.89. The van der Waals surface area contributed by atoms with Crippen molar-refractivity contribution in [2.75, 3.05) is 0 Å². The molecule has 4 heteroatoms. The van der Waals surface area contributed by atoms with E-state index in [4.69, 9.17) is 5.11 Å². The first-order chi connectivity index (χ1) is 7.59. The zero-order chi connectivity index (χ0) is 11.7. The number of aryl methyl sites for hydroxylation is 1. The number of carboxylic acid groups (broad SMARTS) is 1. The molecule has 0 aliphatic rings. The lowest BCUT2D eigenvalue weighted by Crippen LogP contribution is -2.06. The van der Waals surface area contributed by atoms with Gasteiger partial charge < -0.3 is 14.2 Å². The van der Waals surface area contributed by atoms with Crippen LogP contribution in [0.25, 0.3) is 11.4 Å².